The van der Waals surface area contributed by atoms with Gasteiger partial charge in [0, 0.05) is 0 Å². The van der Waals surface area contributed by atoms with Crippen molar-refractivity contribution in [3.63, 3.8) is 0 Å². The molecule has 15 heavy (non-hydrogen) atoms. The summed E-state index contributed by atoms with van der Waals surface area (Å²) in [4.78, 5) is 0. The number of hydrogen-bond acceptors (Lipinski definition) is 0. The van der Waals surface area contributed by atoms with E-state index in [-0.39, 0.29) is 0 Å². The van der Waals surface area contributed by atoms with Gasteiger partial charge in [-0.2, -0.15) is 0 Å². The van der Waals surface area contributed by atoms with Gasteiger partial charge in [0.1, 0.15) is 0 Å². The van der Waals surface area contributed by atoms with E-state index >= 15 is 0 Å². The molecule has 1 aliphatic rings. The van der Waals surface area contributed by atoms with Crippen molar-refractivity contribution in [2.24, 2.45) is 11.8 Å². The summed E-state index contributed by atoms with van der Waals surface area (Å²) in [5.74, 6) is 2.05. The molecular formula is C15H22. The third-order valence-electron chi connectivity index (χ3n) is 3.62. The first kappa shape index (κ1) is 10.7. The molecule has 0 saturated heterocycles. The second kappa shape index (κ2) is 4.83. The van der Waals surface area contributed by atoms with Gasteiger partial charge in [-0.1, -0.05) is 56.0 Å². The van der Waals surface area contributed by atoms with Crippen molar-refractivity contribution in [3.05, 3.63) is 35.4 Å². The van der Waals surface area contributed by atoms with Crippen LogP contribution in [-0.2, 0) is 6.42 Å². The number of hydrogen-bond donors (Lipinski definition) is 0. The van der Waals surface area contributed by atoms with E-state index < -0.39 is 0 Å². The Morgan fingerprint density at radius 2 is 1.87 bits per heavy atom. The summed E-state index contributed by atoms with van der Waals surface area (Å²) in [6.07, 6.45) is 7.04. The Bertz CT molecular complexity index is 296. The first-order valence-electron chi connectivity index (χ1n) is 6.35. The molecular weight excluding hydrogens is 180 g/mol. The van der Waals surface area contributed by atoms with Gasteiger partial charge in [-0.3, -0.25) is 0 Å². The topological polar surface area (TPSA) is 0 Å². The molecule has 82 valence electrons. The standard InChI is InChI=1S/C15H22/c1-3-4-5-14-11-15(14)10-13-8-6-12(2)7-9-13/h6-9,14-15H,3-5,10-11H2,1-2H3/t14-,15-/m1/s1. The molecule has 2 atom stereocenters. The van der Waals surface area contributed by atoms with Crippen LogP contribution in [0.25, 0.3) is 0 Å². The average Bonchev–Trinajstić information content (AvgIpc) is 2.97. The molecule has 1 aliphatic carbocycles. The maximum Gasteiger partial charge on any atom is -0.0248 e. The Balaban J connectivity index is 1.77. The molecule has 1 fully saturated rings. The first-order chi connectivity index (χ1) is 7.29. The van der Waals surface area contributed by atoms with Crippen molar-refractivity contribution < 1.29 is 0 Å². The van der Waals surface area contributed by atoms with Gasteiger partial charge in [-0.05, 0) is 37.2 Å². The lowest BCUT2D eigenvalue weighted by Gasteiger charge is -2.01. The van der Waals surface area contributed by atoms with Crippen LogP contribution >= 0.6 is 0 Å². The van der Waals surface area contributed by atoms with Gasteiger partial charge in [0.2, 0.25) is 0 Å². The summed E-state index contributed by atoms with van der Waals surface area (Å²) in [5, 5.41) is 0. The molecule has 0 amide bonds. The van der Waals surface area contributed by atoms with Crippen molar-refractivity contribution in [1.82, 2.24) is 0 Å². The summed E-state index contributed by atoms with van der Waals surface area (Å²) in [5.41, 5.74) is 2.90. The van der Waals surface area contributed by atoms with E-state index in [0.29, 0.717) is 0 Å². The van der Waals surface area contributed by atoms with Gasteiger partial charge in [-0.15, -0.1) is 0 Å². The van der Waals surface area contributed by atoms with Gasteiger partial charge < -0.3 is 0 Å². The third kappa shape index (κ3) is 3.09. The highest BCUT2D eigenvalue weighted by Gasteiger charge is 2.35. The van der Waals surface area contributed by atoms with E-state index in [1.54, 1.807) is 0 Å². The van der Waals surface area contributed by atoms with Gasteiger partial charge in [0.25, 0.3) is 0 Å². The summed E-state index contributed by atoms with van der Waals surface area (Å²) in [6, 6.07) is 9.06. The highest BCUT2D eigenvalue weighted by atomic mass is 14.4. The van der Waals surface area contributed by atoms with Gasteiger partial charge in [-0.25, -0.2) is 0 Å². The minimum Gasteiger partial charge on any atom is -0.0654 e. The van der Waals surface area contributed by atoms with Crippen molar-refractivity contribution >= 4 is 0 Å². The number of aryl methyl sites for hydroxylation is 1. The van der Waals surface area contributed by atoms with Crippen LogP contribution in [0.5, 0.6) is 0 Å². The normalized spacial score (nSPS) is 24.1. The fourth-order valence-corrected chi connectivity index (χ4v) is 2.41. The fourth-order valence-electron chi connectivity index (χ4n) is 2.41. The molecule has 0 radical (unpaired) electrons. The quantitative estimate of drug-likeness (QED) is 0.665. The van der Waals surface area contributed by atoms with Crippen LogP contribution in [0.2, 0.25) is 0 Å². The van der Waals surface area contributed by atoms with Crippen LogP contribution in [0, 0.1) is 18.8 Å². The van der Waals surface area contributed by atoms with Crippen molar-refractivity contribution in [2.45, 2.75) is 46.0 Å². The predicted octanol–water partition coefficient (Wildman–Crippen LogP) is 4.36. The highest BCUT2D eigenvalue weighted by Crippen LogP contribution is 2.44. The molecule has 1 saturated carbocycles. The molecule has 0 aliphatic heterocycles. The summed E-state index contributed by atoms with van der Waals surface area (Å²) in [6.45, 7) is 4.45. The third-order valence-corrected chi connectivity index (χ3v) is 3.62. The molecule has 0 aromatic heterocycles. The van der Waals surface area contributed by atoms with Crippen LogP contribution in [0.1, 0.15) is 43.7 Å². The second-order valence-corrected chi connectivity index (χ2v) is 5.09. The molecule has 0 unspecified atom stereocenters. The number of unbranched alkanes of at least 4 members (excludes halogenated alkanes) is 1. The first-order valence-corrected chi connectivity index (χ1v) is 6.35. The summed E-state index contributed by atoms with van der Waals surface area (Å²) in [7, 11) is 0. The van der Waals surface area contributed by atoms with Crippen LogP contribution in [0.15, 0.2) is 24.3 Å². The Kier molecular flexibility index (Phi) is 3.45. The van der Waals surface area contributed by atoms with Crippen LogP contribution < -0.4 is 0 Å². The zero-order chi connectivity index (χ0) is 10.7. The van der Waals surface area contributed by atoms with Gasteiger partial charge in [0.15, 0.2) is 0 Å². The highest BCUT2D eigenvalue weighted by molar-refractivity contribution is 5.22. The molecule has 2 rings (SSSR count). The van der Waals surface area contributed by atoms with Crippen LogP contribution in [-0.4, -0.2) is 0 Å². The smallest absolute Gasteiger partial charge is 0.0248 e. The lowest BCUT2D eigenvalue weighted by molar-refractivity contribution is 0.600. The molecule has 0 nitrogen and oxygen atoms in total. The number of benzene rings is 1. The fraction of sp³-hybridized carbons (Fsp3) is 0.600. The van der Waals surface area contributed by atoms with E-state index in [1.165, 1.54) is 43.2 Å². The lowest BCUT2D eigenvalue weighted by Crippen LogP contribution is -1.90. The van der Waals surface area contributed by atoms with Crippen molar-refractivity contribution in [3.8, 4) is 0 Å². The maximum atomic E-state index is 2.30. The molecule has 0 bridgehead atoms. The van der Waals surface area contributed by atoms with Gasteiger partial charge >= 0.3 is 0 Å². The molecule has 0 heteroatoms. The molecule has 1 aromatic rings. The Morgan fingerprint density at radius 3 is 2.53 bits per heavy atom. The Labute approximate surface area is 93.7 Å². The van der Waals surface area contributed by atoms with E-state index in [1.807, 2.05) is 0 Å². The Hall–Kier alpha value is -0.780. The van der Waals surface area contributed by atoms with Crippen molar-refractivity contribution in [2.75, 3.05) is 0 Å². The lowest BCUT2D eigenvalue weighted by atomic mass is 10.0. The van der Waals surface area contributed by atoms with Crippen molar-refractivity contribution in [1.29, 1.82) is 0 Å². The van der Waals surface area contributed by atoms with E-state index in [0.717, 1.165) is 11.8 Å². The largest absolute Gasteiger partial charge is 0.0654 e. The molecule has 0 spiro atoms. The summed E-state index contributed by atoms with van der Waals surface area (Å²) >= 11 is 0. The van der Waals surface area contributed by atoms with Crippen LogP contribution in [0.3, 0.4) is 0 Å². The second-order valence-electron chi connectivity index (χ2n) is 5.09. The van der Waals surface area contributed by atoms with E-state index in [9.17, 15) is 0 Å². The SMILES string of the molecule is CCCC[C@@H]1C[C@H]1Cc1ccc(C)cc1. The number of rotatable bonds is 5. The minimum atomic E-state index is 0.999. The average molecular weight is 202 g/mol. The predicted molar refractivity (Wildman–Crippen MR) is 66.0 cm³/mol. The zero-order valence-electron chi connectivity index (χ0n) is 10.00. The van der Waals surface area contributed by atoms with E-state index in [2.05, 4.69) is 38.1 Å². The molecule has 0 heterocycles. The monoisotopic (exact) mass is 202 g/mol. The van der Waals surface area contributed by atoms with Crippen LogP contribution in [0.4, 0.5) is 0 Å². The molecule has 0 N–H and O–H groups in total. The Morgan fingerprint density at radius 1 is 1.13 bits per heavy atom. The maximum absolute atomic E-state index is 2.30. The zero-order valence-corrected chi connectivity index (χ0v) is 10.00. The summed E-state index contributed by atoms with van der Waals surface area (Å²) < 4.78 is 0. The molecule has 1 aromatic carbocycles. The minimum absolute atomic E-state index is 0.999. The van der Waals surface area contributed by atoms with E-state index in [4.69, 9.17) is 0 Å². The van der Waals surface area contributed by atoms with Gasteiger partial charge in [0.05, 0.1) is 0 Å².